The molecule has 0 aromatic heterocycles. The maximum Gasteiger partial charge on any atom is 0.127 e. The monoisotopic (exact) mass is 264 g/mol. The number of hydrogen-bond acceptors (Lipinski definition) is 4. The summed E-state index contributed by atoms with van der Waals surface area (Å²) in [6, 6.07) is 6.81. The lowest BCUT2D eigenvalue weighted by Gasteiger charge is -2.27. The van der Waals surface area contributed by atoms with Gasteiger partial charge in [0.2, 0.25) is 0 Å². The molecule has 3 N–H and O–H groups in total. The van der Waals surface area contributed by atoms with Crippen LogP contribution in [0.4, 0.5) is 0 Å². The summed E-state index contributed by atoms with van der Waals surface area (Å²) in [5.74, 6) is 1.69. The van der Waals surface area contributed by atoms with Crippen molar-refractivity contribution in [3.63, 3.8) is 0 Å². The highest BCUT2D eigenvalue weighted by molar-refractivity contribution is 5.40. The molecule has 0 bridgehead atoms. The molecule has 2 unspecified atom stereocenters. The van der Waals surface area contributed by atoms with Crippen LogP contribution in [0.15, 0.2) is 18.2 Å². The Morgan fingerprint density at radius 3 is 2.79 bits per heavy atom. The molecule has 1 fully saturated rings. The van der Waals surface area contributed by atoms with E-state index in [1.165, 1.54) is 12.8 Å². The van der Waals surface area contributed by atoms with Gasteiger partial charge in [-0.3, -0.25) is 0 Å². The van der Waals surface area contributed by atoms with E-state index in [0.717, 1.165) is 36.4 Å². The molecule has 19 heavy (non-hydrogen) atoms. The van der Waals surface area contributed by atoms with E-state index in [-0.39, 0.29) is 0 Å². The predicted octanol–water partition coefficient (Wildman–Crippen LogP) is 2.06. The first-order chi connectivity index (χ1) is 9.22. The molecular formula is C15H24N2O2. The summed E-state index contributed by atoms with van der Waals surface area (Å²) in [6.07, 6.45) is 4.66. The van der Waals surface area contributed by atoms with E-state index in [0.29, 0.717) is 12.1 Å². The molecule has 0 spiro atoms. The first kappa shape index (κ1) is 14.2. The second kappa shape index (κ2) is 6.78. The molecule has 0 saturated heterocycles. The van der Waals surface area contributed by atoms with Gasteiger partial charge in [-0.15, -0.1) is 0 Å². The van der Waals surface area contributed by atoms with Gasteiger partial charge in [0, 0.05) is 30.3 Å². The molecule has 2 atom stereocenters. The van der Waals surface area contributed by atoms with Crippen LogP contribution in [0.1, 0.15) is 31.2 Å². The van der Waals surface area contributed by atoms with Gasteiger partial charge in [0.05, 0.1) is 14.2 Å². The molecule has 1 aromatic carbocycles. The van der Waals surface area contributed by atoms with Crippen LogP contribution in [0.3, 0.4) is 0 Å². The summed E-state index contributed by atoms with van der Waals surface area (Å²) >= 11 is 0. The Morgan fingerprint density at radius 1 is 1.26 bits per heavy atom. The Bertz CT molecular complexity index is 409. The van der Waals surface area contributed by atoms with Crippen molar-refractivity contribution >= 4 is 0 Å². The van der Waals surface area contributed by atoms with Gasteiger partial charge in [-0.25, -0.2) is 0 Å². The third-order valence-electron chi connectivity index (χ3n) is 3.79. The van der Waals surface area contributed by atoms with Crippen molar-refractivity contribution in [3.05, 3.63) is 23.8 Å². The first-order valence-corrected chi connectivity index (χ1v) is 6.92. The molecule has 0 amide bonds. The first-order valence-electron chi connectivity index (χ1n) is 6.92. The van der Waals surface area contributed by atoms with Crippen LogP contribution in [-0.2, 0) is 6.54 Å². The summed E-state index contributed by atoms with van der Waals surface area (Å²) in [5, 5.41) is 3.58. The number of nitrogens with one attached hydrogen (secondary N) is 1. The highest BCUT2D eigenvalue weighted by Crippen LogP contribution is 2.25. The Balaban J connectivity index is 1.95. The largest absolute Gasteiger partial charge is 0.497 e. The van der Waals surface area contributed by atoms with Crippen LogP contribution < -0.4 is 20.5 Å². The Kier molecular flexibility index (Phi) is 5.05. The van der Waals surface area contributed by atoms with E-state index in [9.17, 15) is 0 Å². The number of rotatable bonds is 5. The van der Waals surface area contributed by atoms with Crippen molar-refractivity contribution in [1.82, 2.24) is 5.32 Å². The molecule has 4 heteroatoms. The summed E-state index contributed by atoms with van der Waals surface area (Å²) in [5.41, 5.74) is 7.16. The van der Waals surface area contributed by atoms with Crippen LogP contribution in [-0.4, -0.2) is 26.3 Å². The van der Waals surface area contributed by atoms with E-state index in [1.807, 2.05) is 18.2 Å². The number of methoxy groups -OCH3 is 2. The Hall–Kier alpha value is -1.26. The number of nitrogens with two attached hydrogens (primary N) is 1. The van der Waals surface area contributed by atoms with Gasteiger partial charge in [0.25, 0.3) is 0 Å². The number of benzene rings is 1. The molecule has 1 aliphatic rings. The average Bonchev–Trinajstić information content (AvgIpc) is 2.45. The topological polar surface area (TPSA) is 56.5 Å². The van der Waals surface area contributed by atoms with Gasteiger partial charge < -0.3 is 20.5 Å². The Labute approximate surface area is 115 Å². The zero-order valence-corrected chi connectivity index (χ0v) is 11.8. The molecule has 0 radical (unpaired) electrons. The molecule has 1 saturated carbocycles. The maximum atomic E-state index is 6.01. The van der Waals surface area contributed by atoms with Gasteiger partial charge in [0.15, 0.2) is 0 Å². The van der Waals surface area contributed by atoms with Gasteiger partial charge in [-0.2, -0.15) is 0 Å². The third-order valence-corrected chi connectivity index (χ3v) is 3.79. The third kappa shape index (κ3) is 3.85. The van der Waals surface area contributed by atoms with E-state index in [4.69, 9.17) is 15.2 Å². The molecule has 106 valence electrons. The van der Waals surface area contributed by atoms with E-state index < -0.39 is 0 Å². The quantitative estimate of drug-likeness (QED) is 0.854. The lowest BCUT2D eigenvalue weighted by atomic mass is 9.91. The van der Waals surface area contributed by atoms with Crippen molar-refractivity contribution < 1.29 is 9.47 Å². The summed E-state index contributed by atoms with van der Waals surface area (Å²) in [7, 11) is 3.35. The second-order valence-electron chi connectivity index (χ2n) is 5.18. The van der Waals surface area contributed by atoms with Crippen LogP contribution in [0.2, 0.25) is 0 Å². The van der Waals surface area contributed by atoms with Crippen LogP contribution in [0.25, 0.3) is 0 Å². The number of hydrogen-bond donors (Lipinski definition) is 2. The second-order valence-corrected chi connectivity index (χ2v) is 5.18. The lowest BCUT2D eigenvalue weighted by Crippen LogP contribution is -2.39. The SMILES string of the molecule is COc1ccc(CNC2CCCC(N)C2)c(OC)c1. The fraction of sp³-hybridized carbons (Fsp3) is 0.600. The van der Waals surface area contributed by atoms with E-state index >= 15 is 0 Å². The fourth-order valence-electron chi connectivity index (χ4n) is 2.67. The van der Waals surface area contributed by atoms with E-state index in [1.54, 1.807) is 14.2 Å². The smallest absolute Gasteiger partial charge is 0.127 e. The van der Waals surface area contributed by atoms with Crippen LogP contribution in [0, 0.1) is 0 Å². The normalized spacial score (nSPS) is 23.1. The van der Waals surface area contributed by atoms with Crippen LogP contribution >= 0.6 is 0 Å². The van der Waals surface area contributed by atoms with Gasteiger partial charge >= 0.3 is 0 Å². The van der Waals surface area contributed by atoms with Crippen molar-refractivity contribution in [2.75, 3.05) is 14.2 Å². The molecule has 0 heterocycles. The summed E-state index contributed by atoms with van der Waals surface area (Å²) < 4.78 is 10.6. The maximum absolute atomic E-state index is 6.01. The van der Waals surface area contributed by atoms with Crippen LogP contribution in [0.5, 0.6) is 11.5 Å². The molecular weight excluding hydrogens is 240 g/mol. The minimum atomic E-state index is 0.351. The van der Waals surface area contributed by atoms with Crippen molar-refractivity contribution in [3.8, 4) is 11.5 Å². The molecule has 0 aliphatic heterocycles. The van der Waals surface area contributed by atoms with E-state index in [2.05, 4.69) is 5.32 Å². The van der Waals surface area contributed by atoms with Gasteiger partial charge in [-0.05, 0) is 25.3 Å². The zero-order chi connectivity index (χ0) is 13.7. The van der Waals surface area contributed by atoms with Crippen molar-refractivity contribution in [2.24, 2.45) is 5.73 Å². The standard InChI is InChI=1S/C15H24N2O2/c1-18-14-7-6-11(15(9-14)19-2)10-17-13-5-3-4-12(16)8-13/h6-7,9,12-13,17H,3-5,8,10,16H2,1-2H3. The molecule has 1 aliphatic carbocycles. The van der Waals surface area contributed by atoms with Crippen molar-refractivity contribution in [1.29, 1.82) is 0 Å². The lowest BCUT2D eigenvalue weighted by molar-refractivity contribution is 0.335. The minimum Gasteiger partial charge on any atom is -0.497 e. The van der Waals surface area contributed by atoms with Gasteiger partial charge in [-0.1, -0.05) is 12.5 Å². The molecule has 2 rings (SSSR count). The zero-order valence-electron chi connectivity index (χ0n) is 11.8. The van der Waals surface area contributed by atoms with Crippen molar-refractivity contribution in [2.45, 2.75) is 44.3 Å². The Morgan fingerprint density at radius 2 is 2.11 bits per heavy atom. The summed E-state index contributed by atoms with van der Waals surface area (Å²) in [6.45, 7) is 0.810. The minimum absolute atomic E-state index is 0.351. The fourth-order valence-corrected chi connectivity index (χ4v) is 2.67. The summed E-state index contributed by atoms with van der Waals surface area (Å²) in [4.78, 5) is 0. The highest BCUT2D eigenvalue weighted by atomic mass is 16.5. The number of ether oxygens (including phenoxy) is 2. The predicted molar refractivity (Wildman–Crippen MR) is 76.6 cm³/mol. The average molecular weight is 264 g/mol. The molecule has 1 aromatic rings. The molecule has 4 nitrogen and oxygen atoms in total. The highest BCUT2D eigenvalue weighted by Gasteiger charge is 2.18. The van der Waals surface area contributed by atoms with Gasteiger partial charge in [0.1, 0.15) is 11.5 Å².